The Labute approximate surface area is 155 Å². The Hall–Kier alpha value is -1.88. The average Bonchev–Trinajstić information content (AvgIpc) is 3.27. The number of carbonyl (C=O) groups is 2. The third-order valence-electron chi connectivity index (χ3n) is 6.39. The van der Waals surface area contributed by atoms with Crippen LogP contribution in [0.4, 0.5) is 0 Å². The first-order valence-electron chi connectivity index (χ1n) is 9.80. The molecule has 1 aromatic rings. The van der Waals surface area contributed by atoms with Crippen LogP contribution in [0.15, 0.2) is 24.3 Å². The summed E-state index contributed by atoms with van der Waals surface area (Å²) in [6, 6.07) is 8.41. The van der Waals surface area contributed by atoms with Crippen LogP contribution in [0.3, 0.4) is 0 Å². The minimum atomic E-state index is -0.0657. The number of aryl methyl sites for hydroxylation is 1. The summed E-state index contributed by atoms with van der Waals surface area (Å²) in [5.74, 6) is 0.542. The highest BCUT2D eigenvalue weighted by Crippen LogP contribution is 2.40. The van der Waals surface area contributed by atoms with Gasteiger partial charge in [0.2, 0.25) is 11.8 Å². The molecule has 3 aliphatic heterocycles. The Morgan fingerprint density at radius 1 is 1.27 bits per heavy atom. The van der Waals surface area contributed by atoms with E-state index >= 15 is 0 Å². The molecule has 26 heavy (non-hydrogen) atoms. The quantitative estimate of drug-likeness (QED) is 0.836. The Balaban J connectivity index is 1.44. The molecule has 2 amide bonds. The number of piperidine rings is 1. The number of amides is 2. The first-order valence-corrected chi connectivity index (χ1v) is 9.80. The maximum Gasteiger partial charge on any atom is 0.228 e. The summed E-state index contributed by atoms with van der Waals surface area (Å²) in [5, 5.41) is 0. The van der Waals surface area contributed by atoms with Crippen LogP contribution in [-0.2, 0) is 20.9 Å². The summed E-state index contributed by atoms with van der Waals surface area (Å²) in [4.78, 5) is 29.3. The zero-order chi connectivity index (χ0) is 18.1. The van der Waals surface area contributed by atoms with E-state index in [9.17, 15) is 9.59 Å². The summed E-state index contributed by atoms with van der Waals surface area (Å²) < 4.78 is 5.37. The molecule has 0 aliphatic carbocycles. The molecule has 3 aliphatic rings. The molecule has 0 bridgehead atoms. The van der Waals surface area contributed by atoms with Gasteiger partial charge in [0.05, 0.1) is 12.5 Å². The molecule has 1 spiro atoms. The van der Waals surface area contributed by atoms with E-state index in [4.69, 9.17) is 4.74 Å². The number of likely N-dealkylation sites (tertiary alicyclic amines) is 2. The van der Waals surface area contributed by atoms with Crippen LogP contribution < -0.4 is 0 Å². The van der Waals surface area contributed by atoms with Crippen LogP contribution in [0.5, 0.6) is 0 Å². The molecule has 0 radical (unpaired) electrons. The zero-order valence-corrected chi connectivity index (χ0v) is 15.6. The van der Waals surface area contributed by atoms with Gasteiger partial charge in [-0.25, -0.2) is 0 Å². The smallest absolute Gasteiger partial charge is 0.228 e. The third-order valence-corrected chi connectivity index (χ3v) is 6.39. The van der Waals surface area contributed by atoms with Crippen LogP contribution in [0.2, 0.25) is 0 Å². The molecule has 3 fully saturated rings. The van der Waals surface area contributed by atoms with Crippen molar-refractivity contribution < 1.29 is 14.3 Å². The Bertz CT molecular complexity index is 688. The number of ether oxygens (including phenoxy) is 1. The number of hydrogen-bond acceptors (Lipinski definition) is 3. The SMILES string of the molecule is Cc1cccc(CN2C(=O)CCC23CCN(C(=O)[C@@H]2CCOC2)CC3)c1. The van der Waals surface area contributed by atoms with Crippen molar-refractivity contribution in [3.63, 3.8) is 0 Å². The van der Waals surface area contributed by atoms with Crippen molar-refractivity contribution in [1.29, 1.82) is 0 Å². The van der Waals surface area contributed by atoms with Crippen molar-refractivity contribution in [3.05, 3.63) is 35.4 Å². The predicted octanol–water partition coefficient (Wildman–Crippen LogP) is 2.52. The van der Waals surface area contributed by atoms with Crippen LogP contribution in [0, 0.1) is 12.8 Å². The first kappa shape index (κ1) is 17.5. The monoisotopic (exact) mass is 356 g/mol. The fourth-order valence-corrected chi connectivity index (χ4v) is 4.77. The molecule has 5 nitrogen and oxygen atoms in total. The summed E-state index contributed by atoms with van der Waals surface area (Å²) >= 11 is 0. The molecule has 3 saturated heterocycles. The third kappa shape index (κ3) is 3.25. The van der Waals surface area contributed by atoms with E-state index in [-0.39, 0.29) is 23.3 Å². The van der Waals surface area contributed by atoms with Gasteiger partial charge in [-0.15, -0.1) is 0 Å². The second-order valence-corrected chi connectivity index (χ2v) is 8.08. The lowest BCUT2D eigenvalue weighted by atomic mass is 9.84. The highest BCUT2D eigenvalue weighted by Gasteiger charge is 2.47. The van der Waals surface area contributed by atoms with Crippen molar-refractivity contribution in [2.75, 3.05) is 26.3 Å². The van der Waals surface area contributed by atoms with E-state index in [0.717, 1.165) is 38.8 Å². The molecule has 1 aromatic carbocycles. The summed E-state index contributed by atoms with van der Waals surface area (Å²) in [5.41, 5.74) is 2.35. The maximum absolute atomic E-state index is 12.6. The van der Waals surface area contributed by atoms with Crippen molar-refractivity contribution in [2.45, 2.75) is 51.1 Å². The lowest BCUT2D eigenvalue weighted by Gasteiger charge is -2.45. The molecule has 0 saturated carbocycles. The van der Waals surface area contributed by atoms with E-state index in [2.05, 4.69) is 36.1 Å². The largest absolute Gasteiger partial charge is 0.381 e. The first-order chi connectivity index (χ1) is 12.6. The van der Waals surface area contributed by atoms with Crippen LogP contribution in [-0.4, -0.2) is 53.5 Å². The van der Waals surface area contributed by atoms with Gasteiger partial charge in [0.1, 0.15) is 0 Å². The van der Waals surface area contributed by atoms with Gasteiger partial charge in [-0.05, 0) is 38.2 Å². The fraction of sp³-hybridized carbons (Fsp3) is 0.619. The van der Waals surface area contributed by atoms with Gasteiger partial charge in [-0.1, -0.05) is 29.8 Å². The maximum atomic E-state index is 12.6. The number of nitrogens with zero attached hydrogens (tertiary/aromatic N) is 2. The fourth-order valence-electron chi connectivity index (χ4n) is 4.77. The molecule has 140 valence electrons. The van der Waals surface area contributed by atoms with Gasteiger partial charge in [0, 0.05) is 38.2 Å². The number of benzene rings is 1. The lowest BCUT2D eigenvalue weighted by Crippen LogP contribution is -2.54. The topological polar surface area (TPSA) is 49.9 Å². The van der Waals surface area contributed by atoms with Gasteiger partial charge in [-0.3, -0.25) is 9.59 Å². The number of hydrogen-bond donors (Lipinski definition) is 0. The van der Waals surface area contributed by atoms with Crippen molar-refractivity contribution in [1.82, 2.24) is 9.80 Å². The van der Waals surface area contributed by atoms with Crippen LogP contribution in [0.1, 0.15) is 43.2 Å². The molecule has 0 N–H and O–H groups in total. The summed E-state index contributed by atoms with van der Waals surface area (Å²) in [6.07, 6.45) is 4.19. The highest BCUT2D eigenvalue weighted by atomic mass is 16.5. The number of rotatable bonds is 3. The second kappa shape index (κ2) is 7.03. The molecule has 3 heterocycles. The van der Waals surface area contributed by atoms with Gasteiger partial charge in [-0.2, -0.15) is 0 Å². The average molecular weight is 356 g/mol. The van der Waals surface area contributed by atoms with Crippen LogP contribution in [0.25, 0.3) is 0 Å². The van der Waals surface area contributed by atoms with E-state index in [0.29, 0.717) is 26.2 Å². The van der Waals surface area contributed by atoms with Gasteiger partial charge >= 0.3 is 0 Å². The summed E-state index contributed by atoms with van der Waals surface area (Å²) in [7, 11) is 0. The Kier molecular flexibility index (Phi) is 4.74. The van der Waals surface area contributed by atoms with Crippen LogP contribution >= 0.6 is 0 Å². The normalized spacial score (nSPS) is 25.3. The molecule has 0 aromatic heterocycles. The minimum absolute atomic E-state index is 0.0395. The molecular formula is C21H28N2O3. The Morgan fingerprint density at radius 2 is 2.08 bits per heavy atom. The molecule has 5 heteroatoms. The molecule has 1 atom stereocenters. The molecule has 4 rings (SSSR count). The van der Waals surface area contributed by atoms with Crippen molar-refractivity contribution in [3.8, 4) is 0 Å². The van der Waals surface area contributed by atoms with Crippen molar-refractivity contribution >= 4 is 11.8 Å². The standard InChI is InChI=1S/C21H28N2O3/c1-16-3-2-4-17(13-16)14-23-19(24)5-7-21(23)8-10-22(11-9-21)20(25)18-6-12-26-15-18/h2-4,13,18H,5-12,14-15H2,1H3/t18-/m1/s1. The second-order valence-electron chi connectivity index (χ2n) is 8.08. The van der Waals surface area contributed by atoms with Crippen molar-refractivity contribution in [2.24, 2.45) is 5.92 Å². The Morgan fingerprint density at radius 3 is 2.77 bits per heavy atom. The van der Waals surface area contributed by atoms with E-state index in [1.807, 2.05) is 4.90 Å². The van der Waals surface area contributed by atoms with Gasteiger partial charge in [0.25, 0.3) is 0 Å². The van der Waals surface area contributed by atoms with E-state index in [1.54, 1.807) is 0 Å². The van der Waals surface area contributed by atoms with Gasteiger partial charge in [0.15, 0.2) is 0 Å². The van der Waals surface area contributed by atoms with Gasteiger partial charge < -0.3 is 14.5 Å². The van der Waals surface area contributed by atoms with E-state index in [1.165, 1.54) is 11.1 Å². The summed E-state index contributed by atoms with van der Waals surface area (Å²) in [6.45, 7) is 5.55. The lowest BCUT2D eigenvalue weighted by molar-refractivity contribution is -0.140. The zero-order valence-electron chi connectivity index (χ0n) is 15.6. The number of carbonyl (C=O) groups excluding carboxylic acids is 2. The van der Waals surface area contributed by atoms with E-state index < -0.39 is 0 Å². The molecular weight excluding hydrogens is 328 g/mol. The minimum Gasteiger partial charge on any atom is -0.381 e. The highest BCUT2D eigenvalue weighted by molar-refractivity contribution is 5.81. The predicted molar refractivity (Wildman–Crippen MR) is 98.4 cm³/mol. The molecule has 0 unspecified atom stereocenters.